The van der Waals surface area contributed by atoms with Crippen LogP contribution in [-0.2, 0) is 0 Å². The van der Waals surface area contributed by atoms with E-state index in [4.69, 9.17) is 4.74 Å². The van der Waals surface area contributed by atoms with Crippen molar-refractivity contribution in [1.82, 2.24) is 0 Å². The third-order valence-electron chi connectivity index (χ3n) is 1.50. The molecule has 0 aliphatic rings. The summed E-state index contributed by atoms with van der Waals surface area (Å²) in [5.74, 6) is 0.353. The van der Waals surface area contributed by atoms with Crippen LogP contribution >= 0.6 is 0 Å². The van der Waals surface area contributed by atoms with Crippen LogP contribution in [-0.4, -0.2) is 12.0 Å². The summed E-state index contributed by atoms with van der Waals surface area (Å²) >= 11 is 0. The summed E-state index contributed by atoms with van der Waals surface area (Å²) in [6.07, 6.45) is 0. The number of methoxy groups -OCH3 is 1. The van der Waals surface area contributed by atoms with Crippen molar-refractivity contribution in [3.05, 3.63) is 28.3 Å². The van der Waals surface area contributed by atoms with Gasteiger partial charge >= 0.3 is 0 Å². The Kier molecular flexibility index (Phi) is 2.63. The fraction of sp³-hybridized carbons (Fsp3) is 0.143. The second kappa shape index (κ2) is 3.70. The lowest BCUT2D eigenvalue weighted by molar-refractivity contribution is -0.384. The molecule has 1 aromatic carbocycles. The largest absolute Gasteiger partial charge is 0.497 e. The number of nitrogens with zero attached hydrogens (tertiary/aromatic N) is 1. The molecule has 0 spiro atoms. The third kappa shape index (κ3) is 1.84. The van der Waals surface area contributed by atoms with Crippen LogP contribution < -0.4 is 10.3 Å². The van der Waals surface area contributed by atoms with Crippen molar-refractivity contribution in [3.63, 3.8) is 0 Å². The number of ether oxygens (including phenoxy) is 1. The van der Waals surface area contributed by atoms with E-state index in [0.717, 1.165) is 0 Å². The number of hydrogen-bond acceptors (Lipinski definition) is 4. The zero-order valence-electron chi connectivity index (χ0n) is 6.78. The third-order valence-corrected chi connectivity index (χ3v) is 1.50. The molecule has 5 nitrogen and oxygen atoms in total. The molecule has 0 saturated carbocycles. The van der Waals surface area contributed by atoms with E-state index < -0.39 is 4.92 Å². The van der Waals surface area contributed by atoms with E-state index in [0.29, 0.717) is 5.75 Å². The molecule has 6 heteroatoms. The van der Waals surface area contributed by atoms with E-state index in [1.54, 1.807) is 0 Å². The van der Waals surface area contributed by atoms with Crippen LogP contribution in [0.5, 0.6) is 5.75 Å². The lowest BCUT2D eigenvalue weighted by atomic mass is 10.2. The first-order chi connectivity index (χ1) is 6.19. The van der Waals surface area contributed by atoms with E-state index in [1.165, 1.54) is 30.8 Å². The quantitative estimate of drug-likeness (QED) is 0.444. The number of hydrogen-bond donors (Lipinski definition) is 1. The fourth-order valence-corrected chi connectivity index (χ4v) is 0.877. The Labute approximate surface area is 73.2 Å². The molecule has 0 heterocycles. The molecule has 0 unspecified atom stereocenters. The Hall–Kier alpha value is -1.85. The van der Waals surface area contributed by atoms with E-state index in [9.17, 15) is 14.6 Å². The van der Waals surface area contributed by atoms with Crippen LogP contribution in [0.4, 0.5) is 15.9 Å². The molecule has 0 aliphatic heterocycles. The lowest BCUT2D eigenvalue weighted by Gasteiger charge is -2.02. The van der Waals surface area contributed by atoms with E-state index in [-0.39, 0.29) is 11.4 Å². The summed E-state index contributed by atoms with van der Waals surface area (Å²) in [5, 5.41) is 10.3. The maximum atomic E-state index is 12.1. The zero-order chi connectivity index (χ0) is 9.84. The number of nitrogens with one attached hydrogen (secondary N) is 1. The summed E-state index contributed by atoms with van der Waals surface area (Å²) in [4.78, 5) is 9.66. The van der Waals surface area contributed by atoms with Gasteiger partial charge in [-0.05, 0) is 6.07 Å². The summed E-state index contributed by atoms with van der Waals surface area (Å²) in [6, 6.07) is 3.76. The highest BCUT2D eigenvalue weighted by molar-refractivity contribution is 5.62. The van der Waals surface area contributed by atoms with Crippen LogP contribution in [0.25, 0.3) is 0 Å². The van der Waals surface area contributed by atoms with Crippen molar-refractivity contribution in [2.45, 2.75) is 0 Å². The molecule has 0 radical (unpaired) electrons. The first-order valence-corrected chi connectivity index (χ1v) is 3.38. The maximum absolute atomic E-state index is 12.1. The minimum Gasteiger partial charge on any atom is -0.497 e. The van der Waals surface area contributed by atoms with Gasteiger partial charge in [-0.3, -0.25) is 10.1 Å². The predicted octanol–water partition coefficient (Wildman–Crippen LogP) is 1.90. The fourth-order valence-electron chi connectivity index (χ4n) is 0.877. The average molecular weight is 186 g/mol. The molecule has 70 valence electrons. The molecular weight excluding hydrogens is 179 g/mol. The first-order valence-electron chi connectivity index (χ1n) is 3.38. The van der Waals surface area contributed by atoms with Crippen molar-refractivity contribution in [3.8, 4) is 5.75 Å². The summed E-state index contributed by atoms with van der Waals surface area (Å²) in [6.45, 7) is 0. The maximum Gasteiger partial charge on any atom is 0.295 e. The van der Waals surface area contributed by atoms with E-state index in [1.807, 2.05) is 0 Å². The molecule has 0 aliphatic carbocycles. The highest BCUT2D eigenvalue weighted by Gasteiger charge is 2.13. The number of benzene rings is 1. The number of nitro benzene ring substituents is 1. The standard InChI is InChI=1S/C7H7FN2O3/c1-13-5-2-3-7(10(11)12)6(4-5)9-8/h2-4,9H,1H3. The highest BCUT2D eigenvalue weighted by Crippen LogP contribution is 2.28. The minimum atomic E-state index is -0.679. The summed E-state index contributed by atoms with van der Waals surface area (Å²) in [5.41, 5.74) is 0.681. The Bertz CT molecular complexity index is 330. The van der Waals surface area contributed by atoms with Crippen molar-refractivity contribution < 1.29 is 14.1 Å². The van der Waals surface area contributed by atoms with Gasteiger partial charge in [0.15, 0.2) is 0 Å². The average Bonchev–Trinajstić information content (AvgIpc) is 2.16. The highest BCUT2D eigenvalue weighted by atomic mass is 19.2. The van der Waals surface area contributed by atoms with Crippen LogP contribution in [0.3, 0.4) is 0 Å². The van der Waals surface area contributed by atoms with Gasteiger partial charge in [0.2, 0.25) is 0 Å². The Morgan fingerprint density at radius 3 is 2.77 bits per heavy atom. The Balaban J connectivity index is 3.15. The van der Waals surface area contributed by atoms with Gasteiger partial charge in [-0.2, -0.15) is 0 Å². The molecule has 1 aromatic rings. The topological polar surface area (TPSA) is 64.4 Å². The number of halogens is 1. The lowest BCUT2D eigenvalue weighted by Crippen LogP contribution is -1.94. The second-order valence-corrected chi connectivity index (χ2v) is 2.23. The van der Waals surface area contributed by atoms with Gasteiger partial charge in [0.25, 0.3) is 5.69 Å². The molecule has 0 bridgehead atoms. The molecule has 0 saturated heterocycles. The van der Waals surface area contributed by atoms with Gasteiger partial charge in [0.05, 0.1) is 12.0 Å². The summed E-state index contributed by atoms with van der Waals surface area (Å²) in [7, 11) is 1.39. The zero-order valence-corrected chi connectivity index (χ0v) is 6.78. The molecule has 0 fully saturated rings. The van der Waals surface area contributed by atoms with Crippen molar-refractivity contribution in [2.24, 2.45) is 0 Å². The van der Waals surface area contributed by atoms with Gasteiger partial charge < -0.3 is 4.74 Å². The van der Waals surface area contributed by atoms with Crippen LogP contribution in [0.1, 0.15) is 0 Å². The number of rotatable bonds is 3. The van der Waals surface area contributed by atoms with Crippen LogP contribution in [0.15, 0.2) is 18.2 Å². The number of anilines is 1. The SMILES string of the molecule is COc1ccc([N+](=O)[O-])c(NF)c1. The molecule has 0 amide bonds. The van der Waals surface area contributed by atoms with Gasteiger partial charge in [0.1, 0.15) is 11.4 Å². The predicted molar refractivity (Wildman–Crippen MR) is 44.4 cm³/mol. The monoisotopic (exact) mass is 186 g/mol. The second-order valence-electron chi connectivity index (χ2n) is 2.23. The van der Waals surface area contributed by atoms with Crippen molar-refractivity contribution in [1.29, 1.82) is 0 Å². The van der Waals surface area contributed by atoms with Crippen LogP contribution in [0, 0.1) is 10.1 Å². The molecule has 0 atom stereocenters. The van der Waals surface area contributed by atoms with Gasteiger partial charge in [-0.25, -0.2) is 5.54 Å². The molecule has 0 aromatic heterocycles. The Morgan fingerprint density at radius 2 is 2.31 bits per heavy atom. The molecular formula is C7H7FN2O3. The van der Waals surface area contributed by atoms with E-state index in [2.05, 4.69) is 0 Å². The van der Waals surface area contributed by atoms with Gasteiger partial charge in [-0.1, -0.05) is 0 Å². The van der Waals surface area contributed by atoms with Gasteiger partial charge in [-0.15, -0.1) is 4.48 Å². The van der Waals surface area contributed by atoms with Crippen LogP contribution in [0.2, 0.25) is 0 Å². The van der Waals surface area contributed by atoms with Gasteiger partial charge in [0, 0.05) is 12.1 Å². The Morgan fingerprint density at radius 1 is 1.62 bits per heavy atom. The van der Waals surface area contributed by atoms with Crippen molar-refractivity contribution in [2.75, 3.05) is 12.6 Å². The molecule has 1 N–H and O–H groups in total. The smallest absolute Gasteiger partial charge is 0.295 e. The minimum absolute atomic E-state index is 0.218. The summed E-state index contributed by atoms with van der Waals surface area (Å²) < 4.78 is 16.8. The first kappa shape index (κ1) is 9.24. The van der Waals surface area contributed by atoms with E-state index >= 15 is 0 Å². The molecule has 13 heavy (non-hydrogen) atoms. The number of nitro groups is 1. The normalized spacial score (nSPS) is 9.38. The van der Waals surface area contributed by atoms with Crippen molar-refractivity contribution >= 4 is 11.4 Å². The molecule has 1 rings (SSSR count).